The molecular formula is C28H26F3NO4. The Labute approximate surface area is 207 Å². The number of benzene rings is 3. The van der Waals surface area contributed by atoms with Gasteiger partial charge in [-0.25, -0.2) is 4.79 Å². The third kappa shape index (κ3) is 4.47. The second-order valence-corrected chi connectivity index (χ2v) is 9.28. The van der Waals surface area contributed by atoms with Crippen LogP contribution in [0.5, 0.6) is 5.75 Å². The SMILES string of the molecule is COC(=O)c1ccc2c(c1)C(N1CCC(O)(c3cccc(C(F)(F)F)c3)CC1)c1ccccc1CO2. The molecule has 5 nitrogen and oxygen atoms in total. The van der Waals surface area contributed by atoms with Crippen LogP contribution in [0.3, 0.4) is 0 Å². The van der Waals surface area contributed by atoms with E-state index in [-0.39, 0.29) is 24.4 Å². The minimum Gasteiger partial charge on any atom is -0.489 e. The van der Waals surface area contributed by atoms with Crippen LogP contribution < -0.4 is 4.74 Å². The minimum absolute atomic E-state index is 0.255. The highest BCUT2D eigenvalue weighted by Gasteiger charge is 2.40. The Morgan fingerprint density at radius 3 is 2.50 bits per heavy atom. The Morgan fingerprint density at radius 1 is 1.03 bits per heavy atom. The van der Waals surface area contributed by atoms with Crippen molar-refractivity contribution in [3.8, 4) is 5.75 Å². The number of rotatable bonds is 3. The van der Waals surface area contributed by atoms with Crippen LogP contribution in [0.2, 0.25) is 0 Å². The van der Waals surface area contributed by atoms with E-state index in [0.29, 0.717) is 31.0 Å². The molecule has 5 rings (SSSR count). The molecule has 1 saturated heterocycles. The van der Waals surface area contributed by atoms with Crippen molar-refractivity contribution in [1.82, 2.24) is 4.90 Å². The number of fused-ring (bicyclic) bond motifs is 2. The molecule has 0 bridgehead atoms. The van der Waals surface area contributed by atoms with E-state index in [1.807, 2.05) is 24.3 Å². The summed E-state index contributed by atoms with van der Waals surface area (Å²) in [6.45, 7) is 1.25. The molecule has 0 aliphatic carbocycles. The third-order valence-electron chi connectivity index (χ3n) is 7.18. The van der Waals surface area contributed by atoms with Crippen molar-refractivity contribution >= 4 is 5.97 Å². The number of carbonyl (C=O) groups is 1. The lowest BCUT2D eigenvalue weighted by Gasteiger charge is -2.42. The van der Waals surface area contributed by atoms with E-state index in [1.165, 1.54) is 13.2 Å². The van der Waals surface area contributed by atoms with Crippen LogP contribution in [0.15, 0.2) is 66.7 Å². The number of likely N-dealkylation sites (tertiary alicyclic amines) is 1. The second-order valence-electron chi connectivity index (χ2n) is 9.28. The molecule has 0 amide bonds. The molecule has 2 aliphatic heterocycles. The van der Waals surface area contributed by atoms with Gasteiger partial charge in [-0.1, -0.05) is 36.4 Å². The molecule has 2 heterocycles. The van der Waals surface area contributed by atoms with E-state index >= 15 is 0 Å². The van der Waals surface area contributed by atoms with Crippen LogP contribution in [0.1, 0.15) is 57.1 Å². The second kappa shape index (κ2) is 9.26. The van der Waals surface area contributed by atoms with E-state index in [2.05, 4.69) is 4.90 Å². The van der Waals surface area contributed by atoms with Gasteiger partial charge in [-0.15, -0.1) is 0 Å². The molecule has 188 valence electrons. The smallest absolute Gasteiger partial charge is 0.416 e. The van der Waals surface area contributed by atoms with E-state index in [4.69, 9.17) is 9.47 Å². The first-order valence-electron chi connectivity index (χ1n) is 11.8. The summed E-state index contributed by atoms with van der Waals surface area (Å²) in [5.74, 6) is 0.203. The molecule has 2 aliphatic rings. The summed E-state index contributed by atoms with van der Waals surface area (Å²) >= 11 is 0. The van der Waals surface area contributed by atoms with Gasteiger partial charge in [0.2, 0.25) is 0 Å². The lowest BCUT2D eigenvalue weighted by atomic mass is 9.82. The van der Waals surface area contributed by atoms with Crippen molar-refractivity contribution < 1.29 is 32.5 Å². The standard InChI is InChI=1S/C28H26F3NO4/c1-35-26(33)18-9-10-24-23(15-18)25(22-8-3-2-5-19(22)17-36-24)32-13-11-27(34,12-14-32)20-6-4-7-21(16-20)28(29,30)31/h2-10,15-16,25,34H,11-14,17H2,1H3. The summed E-state index contributed by atoms with van der Waals surface area (Å²) in [7, 11) is 1.33. The molecule has 3 aromatic carbocycles. The van der Waals surface area contributed by atoms with Crippen molar-refractivity contribution in [2.75, 3.05) is 20.2 Å². The molecule has 0 radical (unpaired) electrons. The number of hydrogen-bond donors (Lipinski definition) is 1. The zero-order valence-corrected chi connectivity index (χ0v) is 19.7. The van der Waals surface area contributed by atoms with Gasteiger partial charge < -0.3 is 14.6 Å². The Balaban J connectivity index is 1.49. The summed E-state index contributed by atoms with van der Waals surface area (Å²) in [6, 6.07) is 17.8. The third-order valence-corrected chi connectivity index (χ3v) is 7.18. The number of piperidine rings is 1. The monoisotopic (exact) mass is 497 g/mol. The Bertz CT molecular complexity index is 1280. The van der Waals surface area contributed by atoms with Gasteiger partial charge in [-0.2, -0.15) is 13.2 Å². The highest BCUT2D eigenvalue weighted by Crippen LogP contribution is 2.44. The number of carbonyl (C=O) groups excluding carboxylic acids is 1. The molecule has 8 heteroatoms. The fraction of sp³-hybridized carbons (Fsp3) is 0.321. The zero-order chi connectivity index (χ0) is 25.5. The number of halogens is 3. The van der Waals surface area contributed by atoms with E-state index in [9.17, 15) is 23.1 Å². The van der Waals surface area contributed by atoms with Crippen LogP contribution >= 0.6 is 0 Å². The number of methoxy groups -OCH3 is 1. The average molecular weight is 498 g/mol. The molecule has 3 aromatic rings. The summed E-state index contributed by atoms with van der Waals surface area (Å²) in [5.41, 5.74) is 1.40. The van der Waals surface area contributed by atoms with Crippen LogP contribution in [0.25, 0.3) is 0 Å². The maximum atomic E-state index is 13.3. The van der Waals surface area contributed by atoms with Gasteiger partial charge in [0.05, 0.1) is 29.9 Å². The van der Waals surface area contributed by atoms with Gasteiger partial charge in [-0.05, 0) is 59.9 Å². The molecule has 36 heavy (non-hydrogen) atoms. The predicted octanol–water partition coefficient (Wildman–Crippen LogP) is 5.46. The Kier molecular flexibility index (Phi) is 6.26. The predicted molar refractivity (Wildman–Crippen MR) is 127 cm³/mol. The van der Waals surface area contributed by atoms with E-state index < -0.39 is 23.3 Å². The fourth-order valence-corrected chi connectivity index (χ4v) is 5.21. The van der Waals surface area contributed by atoms with Crippen molar-refractivity contribution in [1.29, 1.82) is 0 Å². The lowest BCUT2D eigenvalue weighted by molar-refractivity contribution is -0.137. The molecule has 1 N–H and O–H groups in total. The van der Waals surface area contributed by atoms with Gasteiger partial charge in [0.15, 0.2) is 0 Å². The summed E-state index contributed by atoms with van der Waals surface area (Å²) in [6.07, 6.45) is -3.95. The molecule has 1 fully saturated rings. The van der Waals surface area contributed by atoms with Gasteiger partial charge >= 0.3 is 12.1 Å². The highest BCUT2D eigenvalue weighted by atomic mass is 19.4. The normalized spacial score (nSPS) is 19.4. The fourth-order valence-electron chi connectivity index (χ4n) is 5.21. The number of ether oxygens (including phenoxy) is 2. The maximum absolute atomic E-state index is 13.3. The summed E-state index contributed by atoms with van der Waals surface area (Å²) in [4.78, 5) is 14.5. The minimum atomic E-state index is -4.47. The first-order chi connectivity index (χ1) is 17.2. The quantitative estimate of drug-likeness (QED) is 0.487. The molecule has 0 saturated carbocycles. The topological polar surface area (TPSA) is 59.0 Å². The molecule has 0 aromatic heterocycles. The number of hydrogen-bond acceptors (Lipinski definition) is 5. The van der Waals surface area contributed by atoms with Crippen molar-refractivity contribution in [2.45, 2.75) is 37.3 Å². The lowest BCUT2D eigenvalue weighted by Crippen LogP contribution is -2.44. The largest absolute Gasteiger partial charge is 0.489 e. The highest BCUT2D eigenvalue weighted by molar-refractivity contribution is 5.89. The number of alkyl halides is 3. The molecule has 1 atom stereocenters. The zero-order valence-electron chi connectivity index (χ0n) is 19.7. The van der Waals surface area contributed by atoms with Gasteiger partial charge in [0, 0.05) is 18.7 Å². The van der Waals surface area contributed by atoms with Crippen molar-refractivity contribution in [3.05, 3.63) is 100 Å². The van der Waals surface area contributed by atoms with Gasteiger partial charge in [0.25, 0.3) is 0 Å². The van der Waals surface area contributed by atoms with Crippen molar-refractivity contribution in [3.63, 3.8) is 0 Å². The molecular weight excluding hydrogens is 471 g/mol. The number of nitrogens with zero attached hydrogens (tertiary/aromatic N) is 1. The van der Waals surface area contributed by atoms with E-state index in [1.54, 1.807) is 24.3 Å². The number of aliphatic hydroxyl groups is 1. The van der Waals surface area contributed by atoms with Crippen molar-refractivity contribution in [2.24, 2.45) is 0 Å². The number of esters is 1. The van der Waals surface area contributed by atoms with Crippen LogP contribution in [0, 0.1) is 0 Å². The van der Waals surface area contributed by atoms with Crippen LogP contribution in [0.4, 0.5) is 13.2 Å². The van der Waals surface area contributed by atoms with Gasteiger partial charge in [0.1, 0.15) is 12.4 Å². The first kappa shape index (κ1) is 24.3. The maximum Gasteiger partial charge on any atom is 0.416 e. The first-order valence-corrected chi connectivity index (χ1v) is 11.8. The molecule has 0 spiro atoms. The van der Waals surface area contributed by atoms with E-state index in [0.717, 1.165) is 28.8 Å². The van der Waals surface area contributed by atoms with Crippen LogP contribution in [-0.2, 0) is 23.1 Å². The Morgan fingerprint density at radius 2 is 1.78 bits per heavy atom. The summed E-state index contributed by atoms with van der Waals surface area (Å²) in [5, 5.41) is 11.4. The van der Waals surface area contributed by atoms with Gasteiger partial charge in [-0.3, -0.25) is 4.90 Å². The Hall–Kier alpha value is -3.36. The summed E-state index contributed by atoms with van der Waals surface area (Å²) < 4.78 is 50.8. The van der Waals surface area contributed by atoms with Crippen LogP contribution in [-0.4, -0.2) is 36.2 Å². The average Bonchev–Trinajstić information content (AvgIpc) is 3.05. The molecule has 1 unspecified atom stereocenters.